The molecule has 1 aliphatic carbocycles. The average Bonchev–Trinajstić information content (AvgIpc) is 3.05. The fourth-order valence-corrected chi connectivity index (χ4v) is 3.59. The van der Waals surface area contributed by atoms with Crippen LogP contribution in [0.1, 0.15) is 63.8 Å². The molecule has 0 aromatic carbocycles. The predicted octanol–water partition coefficient (Wildman–Crippen LogP) is 3.70. The summed E-state index contributed by atoms with van der Waals surface area (Å²) in [5.74, 6) is 0.994. The Morgan fingerprint density at radius 2 is 2.10 bits per heavy atom. The molecule has 1 aromatic heterocycles. The summed E-state index contributed by atoms with van der Waals surface area (Å²) >= 11 is 0. The molecule has 1 aromatic rings. The molecule has 20 heavy (non-hydrogen) atoms. The van der Waals surface area contributed by atoms with Crippen molar-refractivity contribution >= 4 is 0 Å². The molecule has 0 spiro atoms. The molecule has 114 valence electrons. The molecule has 1 N–H and O–H groups in total. The van der Waals surface area contributed by atoms with Crippen LogP contribution in [0.25, 0.3) is 0 Å². The number of hydrogen-bond donors (Lipinski definition) is 1. The summed E-state index contributed by atoms with van der Waals surface area (Å²) in [6, 6.07) is 2.87. The minimum Gasteiger partial charge on any atom is -0.314 e. The van der Waals surface area contributed by atoms with E-state index in [1.54, 1.807) is 0 Å². The maximum Gasteiger partial charge on any atom is 0.0596 e. The van der Waals surface area contributed by atoms with Gasteiger partial charge in [0, 0.05) is 24.7 Å². The van der Waals surface area contributed by atoms with Gasteiger partial charge in [0.15, 0.2) is 0 Å². The second-order valence-electron chi connectivity index (χ2n) is 6.28. The van der Waals surface area contributed by atoms with Crippen LogP contribution in [-0.2, 0) is 13.0 Å². The zero-order chi connectivity index (χ0) is 14.4. The molecule has 3 nitrogen and oxygen atoms in total. The van der Waals surface area contributed by atoms with Gasteiger partial charge in [-0.05, 0) is 45.2 Å². The number of nitrogens with one attached hydrogen (secondary N) is 1. The van der Waals surface area contributed by atoms with E-state index in [0.717, 1.165) is 31.1 Å². The monoisotopic (exact) mass is 277 g/mol. The van der Waals surface area contributed by atoms with Crippen molar-refractivity contribution in [3.05, 3.63) is 17.5 Å². The summed E-state index contributed by atoms with van der Waals surface area (Å²) in [5.41, 5.74) is 2.54. The molecular weight excluding hydrogens is 246 g/mol. The Labute approximate surface area is 124 Å². The van der Waals surface area contributed by atoms with Crippen molar-refractivity contribution < 1.29 is 0 Å². The Morgan fingerprint density at radius 3 is 2.75 bits per heavy atom. The van der Waals surface area contributed by atoms with Crippen LogP contribution in [-0.4, -0.2) is 22.4 Å². The molecule has 0 bridgehead atoms. The van der Waals surface area contributed by atoms with Gasteiger partial charge in [0.1, 0.15) is 0 Å². The molecule has 1 atom stereocenters. The highest BCUT2D eigenvalue weighted by atomic mass is 15.3. The molecule has 0 radical (unpaired) electrons. The van der Waals surface area contributed by atoms with Gasteiger partial charge in [-0.2, -0.15) is 5.10 Å². The van der Waals surface area contributed by atoms with E-state index in [2.05, 4.69) is 41.9 Å². The normalized spacial score (nSPS) is 17.8. The smallest absolute Gasteiger partial charge is 0.0596 e. The Balaban J connectivity index is 1.89. The third-order valence-corrected chi connectivity index (χ3v) is 4.63. The fourth-order valence-electron chi connectivity index (χ4n) is 3.59. The number of aryl methyl sites for hydroxylation is 2. The summed E-state index contributed by atoms with van der Waals surface area (Å²) < 4.78 is 2.16. The van der Waals surface area contributed by atoms with E-state index in [1.807, 2.05) is 0 Å². The zero-order valence-corrected chi connectivity index (χ0v) is 13.5. The first-order chi connectivity index (χ1) is 9.72. The van der Waals surface area contributed by atoms with Gasteiger partial charge in [0.25, 0.3) is 0 Å². The van der Waals surface area contributed by atoms with Gasteiger partial charge in [-0.1, -0.05) is 32.6 Å². The summed E-state index contributed by atoms with van der Waals surface area (Å²) in [7, 11) is 0. The molecule has 1 saturated carbocycles. The van der Waals surface area contributed by atoms with Crippen LogP contribution in [0.3, 0.4) is 0 Å². The van der Waals surface area contributed by atoms with Gasteiger partial charge in [-0.3, -0.25) is 4.68 Å². The summed E-state index contributed by atoms with van der Waals surface area (Å²) in [6.07, 6.45) is 9.67. The molecule has 0 amide bonds. The molecule has 0 aliphatic heterocycles. The average molecular weight is 277 g/mol. The lowest BCUT2D eigenvalue weighted by Gasteiger charge is -2.20. The van der Waals surface area contributed by atoms with Gasteiger partial charge < -0.3 is 5.32 Å². The summed E-state index contributed by atoms with van der Waals surface area (Å²) in [5, 5.41) is 8.24. The third kappa shape index (κ3) is 4.34. The zero-order valence-electron chi connectivity index (χ0n) is 13.5. The predicted molar refractivity (Wildman–Crippen MR) is 85.0 cm³/mol. The van der Waals surface area contributed by atoms with Crippen LogP contribution < -0.4 is 5.32 Å². The quantitative estimate of drug-likeness (QED) is 0.785. The van der Waals surface area contributed by atoms with E-state index in [-0.39, 0.29) is 0 Å². The van der Waals surface area contributed by atoms with Gasteiger partial charge >= 0.3 is 0 Å². The van der Waals surface area contributed by atoms with Crippen LogP contribution in [0.2, 0.25) is 0 Å². The molecular formula is C17H31N3. The molecule has 1 heterocycles. The molecule has 1 fully saturated rings. The highest BCUT2D eigenvalue weighted by molar-refractivity contribution is 5.10. The Morgan fingerprint density at radius 1 is 1.35 bits per heavy atom. The number of rotatable bonds is 8. The largest absolute Gasteiger partial charge is 0.314 e. The van der Waals surface area contributed by atoms with E-state index in [0.29, 0.717) is 6.04 Å². The lowest BCUT2D eigenvalue weighted by Crippen LogP contribution is -2.32. The second kappa shape index (κ2) is 7.82. The summed E-state index contributed by atoms with van der Waals surface area (Å²) in [4.78, 5) is 0. The minimum absolute atomic E-state index is 0.613. The fraction of sp³-hybridized carbons (Fsp3) is 0.824. The molecule has 1 aliphatic rings. The van der Waals surface area contributed by atoms with Crippen molar-refractivity contribution in [2.45, 2.75) is 78.3 Å². The lowest BCUT2D eigenvalue weighted by atomic mass is 9.96. The molecule has 3 heteroatoms. The van der Waals surface area contributed by atoms with Crippen LogP contribution in [0.5, 0.6) is 0 Å². The lowest BCUT2D eigenvalue weighted by molar-refractivity contribution is 0.401. The van der Waals surface area contributed by atoms with Crippen molar-refractivity contribution in [1.82, 2.24) is 15.1 Å². The van der Waals surface area contributed by atoms with E-state index in [4.69, 9.17) is 0 Å². The first kappa shape index (κ1) is 15.6. The van der Waals surface area contributed by atoms with Crippen LogP contribution in [0, 0.1) is 12.8 Å². The van der Waals surface area contributed by atoms with E-state index >= 15 is 0 Å². The molecule has 0 saturated heterocycles. The molecule has 2 rings (SSSR count). The molecule has 1 unspecified atom stereocenters. The maximum atomic E-state index is 4.57. The van der Waals surface area contributed by atoms with Gasteiger partial charge in [0.05, 0.1) is 5.69 Å². The van der Waals surface area contributed by atoms with Crippen LogP contribution in [0.15, 0.2) is 6.07 Å². The third-order valence-electron chi connectivity index (χ3n) is 4.63. The number of hydrogen-bond acceptors (Lipinski definition) is 2. The van der Waals surface area contributed by atoms with Gasteiger partial charge in [-0.15, -0.1) is 0 Å². The summed E-state index contributed by atoms with van der Waals surface area (Å²) in [6.45, 7) is 8.53. The standard InChI is InChI=1S/C17H31N3/c1-4-18-16(11-10-15-8-6-7-9-15)13-17-12-14(3)19-20(17)5-2/h12,15-16,18H,4-11,13H2,1-3H3. The topological polar surface area (TPSA) is 29.9 Å². The Kier molecular flexibility index (Phi) is 6.08. The van der Waals surface area contributed by atoms with E-state index < -0.39 is 0 Å². The van der Waals surface area contributed by atoms with E-state index in [1.165, 1.54) is 44.2 Å². The first-order valence-corrected chi connectivity index (χ1v) is 8.49. The van der Waals surface area contributed by atoms with Crippen LogP contribution >= 0.6 is 0 Å². The van der Waals surface area contributed by atoms with Gasteiger partial charge in [-0.25, -0.2) is 0 Å². The van der Waals surface area contributed by atoms with Crippen LogP contribution in [0.4, 0.5) is 0 Å². The highest BCUT2D eigenvalue weighted by Gasteiger charge is 2.18. The number of nitrogens with zero attached hydrogens (tertiary/aromatic N) is 2. The SMILES string of the molecule is CCNC(CCC1CCCC1)Cc1cc(C)nn1CC. The van der Waals surface area contributed by atoms with Crippen molar-refractivity contribution in [2.75, 3.05) is 6.54 Å². The number of aromatic nitrogens is 2. The van der Waals surface area contributed by atoms with Crippen molar-refractivity contribution in [1.29, 1.82) is 0 Å². The number of likely N-dealkylation sites (N-methyl/N-ethyl adjacent to an activating group) is 1. The van der Waals surface area contributed by atoms with Crippen molar-refractivity contribution in [3.63, 3.8) is 0 Å². The minimum atomic E-state index is 0.613. The Hall–Kier alpha value is -0.830. The highest BCUT2D eigenvalue weighted by Crippen LogP contribution is 2.29. The maximum absolute atomic E-state index is 4.57. The van der Waals surface area contributed by atoms with E-state index in [9.17, 15) is 0 Å². The first-order valence-electron chi connectivity index (χ1n) is 8.49. The van der Waals surface area contributed by atoms with Gasteiger partial charge in [0.2, 0.25) is 0 Å². The van der Waals surface area contributed by atoms with Crippen molar-refractivity contribution in [2.24, 2.45) is 5.92 Å². The van der Waals surface area contributed by atoms with Crippen molar-refractivity contribution in [3.8, 4) is 0 Å². The Bertz CT molecular complexity index is 391. The second-order valence-corrected chi connectivity index (χ2v) is 6.28.